The number of likely N-dealkylation sites (N-methyl/N-ethyl adjacent to an activating group) is 1. The van der Waals surface area contributed by atoms with Crippen molar-refractivity contribution in [3.63, 3.8) is 0 Å². The van der Waals surface area contributed by atoms with Crippen LogP contribution in [-0.4, -0.2) is 82.2 Å². The van der Waals surface area contributed by atoms with Crippen molar-refractivity contribution in [3.8, 4) is 0 Å². The van der Waals surface area contributed by atoms with Crippen LogP contribution in [-0.2, 0) is 6.42 Å². The molecule has 1 aromatic carbocycles. The molecule has 2 saturated heterocycles. The van der Waals surface area contributed by atoms with E-state index in [1.807, 2.05) is 19.1 Å². The number of halogens is 2. The Labute approximate surface area is 208 Å². The standard InChI is InChI=1S/C25H30F2N8O/c1-16-12-22(32-31-16)29-21-14-23(34-10-8-33(2)9-11-34)30-20(28-21)13-17-6-7-35(15-17)25(36)24-18(26)4-3-5-19(24)27/h3-5,12,14,17H,6-11,13,15H2,1-2H3,(H2,28,29,30,31,32)/t17-/m0/s1. The van der Waals surface area contributed by atoms with Crippen LogP contribution in [0, 0.1) is 24.5 Å². The van der Waals surface area contributed by atoms with Crippen LogP contribution in [0.3, 0.4) is 0 Å². The molecule has 11 heteroatoms. The molecule has 0 unspecified atom stereocenters. The second-order valence-electron chi connectivity index (χ2n) is 9.59. The fourth-order valence-corrected chi connectivity index (χ4v) is 4.75. The summed E-state index contributed by atoms with van der Waals surface area (Å²) >= 11 is 0. The molecular formula is C25H30F2N8O. The minimum atomic E-state index is -0.837. The van der Waals surface area contributed by atoms with Crippen LogP contribution < -0.4 is 10.2 Å². The molecule has 2 fully saturated rings. The number of rotatable bonds is 6. The lowest BCUT2D eigenvalue weighted by Gasteiger charge is -2.33. The summed E-state index contributed by atoms with van der Waals surface area (Å²) in [6.07, 6.45) is 1.27. The monoisotopic (exact) mass is 496 g/mol. The molecule has 5 rings (SSSR count). The van der Waals surface area contributed by atoms with Gasteiger partial charge in [0.05, 0.1) is 0 Å². The highest BCUT2D eigenvalue weighted by atomic mass is 19.1. The van der Waals surface area contributed by atoms with E-state index >= 15 is 0 Å². The van der Waals surface area contributed by atoms with E-state index in [-0.39, 0.29) is 5.92 Å². The minimum absolute atomic E-state index is 0.0898. The molecular weight excluding hydrogens is 466 g/mol. The number of piperazine rings is 1. The molecule has 0 radical (unpaired) electrons. The Kier molecular flexibility index (Phi) is 6.82. The molecule has 1 atom stereocenters. The Balaban J connectivity index is 1.33. The summed E-state index contributed by atoms with van der Waals surface area (Å²) in [5.41, 5.74) is 0.445. The van der Waals surface area contributed by atoms with Gasteiger partial charge in [-0.1, -0.05) is 6.07 Å². The number of aromatic nitrogens is 4. The number of carbonyl (C=O) groups is 1. The Hall–Kier alpha value is -3.60. The highest BCUT2D eigenvalue weighted by Crippen LogP contribution is 2.26. The van der Waals surface area contributed by atoms with E-state index in [9.17, 15) is 13.6 Å². The smallest absolute Gasteiger partial charge is 0.259 e. The predicted octanol–water partition coefficient (Wildman–Crippen LogP) is 2.99. The molecule has 0 aliphatic carbocycles. The average Bonchev–Trinajstić information content (AvgIpc) is 3.48. The molecule has 2 N–H and O–H groups in total. The van der Waals surface area contributed by atoms with Crippen LogP contribution in [0.4, 0.5) is 26.2 Å². The zero-order valence-corrected chi connectivity index (χ0v) is 20.5. The van der Waals surface area contributed by atoms with Crippen molar-refractivity contribution in [1.29, 1.82) is 0 Å². The zero-order valence-electron chi connectivity index (χ0n) is 20.5. The van der Waals surface area contributed by atoms with Gasteiger partial charge in [0.2, 0.25) is 0 Å². The van der Waals surface area contributed by atoms with E-state index in [0.717, 1.165) is 49.8 Å². The summed E-state index contributed by atoms with van der Waals surface area (Å²) in [5.74, 6) is 0.640. The fraction of sp³-hybridized carbons (Fsp3) is 0.440. The average molecular weight is 497 g/mol. The van der Waals surface area contributed by atoms with Crippen molar-refractivity contribution in [2.75, 3.05) is 56.5 Å². The van der Waals surface area contributed by atoms with Crippen molar-refractivity contribution in [1.82, 2.24) is 30.0 Å². The SMILES string of the molecule is Cc1cc(Nc2cc(N3CCN(C)CC3)nc(C[C@@H]3CCN(C(=O)c4c(F)cccc4F)C3)n2)n[nH]1. The van der Waals surface area contributed by atoms with Gasteiger partial charge in [-0.15, -0.1) is 0 Å². The Morgan fingerprint density at radius 2 is 1.83 bits per heavy atom. The molecule has 1 amide bonds. The van der Waals surface area contributed by atoms with E-state index in [2.05, 4.69) is 32.4 Å². The number of likely N-dealkylation sites (tertiary alicyclic amines) is 1. The van der Waals surface area contributed by atoms with Crippen LogP contribution in [0.5, 0.6) is 0 Å². The molecule has 0 saturated carbocycles. The van der Waals surface area contributed by atoms with Crippen LogP contribution in [0.1, 0.15) is 28.3 Å². The van der Waals surface area contributed by atoms with E-state index in [1.165, 1.54) is 11.0 Å². The molecule has 2 aliphatic rings. The number of benzene rings is 1. The third-order valence-corrected chi connectivity index (χ3v) is 6.77. The molecule has 4 heterocycles. The van der Waals surface area contributed by atoms with Gasteiger partial charge in [-0.2, -0.15) is 5.10 Å². The molecule has 2 aromatic heterocycles. The molecule has 9 nitrogen and oxygen atoms in total. The van der Waals surface area contributed by atoms with Gasteiger partial charge in [-0.25, -0.2) is 18.7 Å². The van der Waals surface area contributed by atoms with E-state index < -0.39 is 23.1 Å². The van der Waals surface area contributed by atoms with Crippen molar-refractivity contribution < 1.29 is 13.6 Å². The van der Waals surface area contributed by atoms with Gasteiger partial charge in [-0.05, 0) is 38.4 Å². The van der Waals surface area contributed by atoms with E-state index in [0.29, 0.717) is 43.4 Å². The molecule has 3 aromatic rings. The number of amides is 1. The topological polar surface area (TPSA) is 93.3 Å². The minimum Gasteiger partial charge on any atom is -0.354 e. The maximum Gasteiger partial charge on any atom is 0.259 e. The van der Waals surface area contributed by atoms with Crippen LogP contribution in [0.2, 0.25) is 0 Å². The maximum atomic E-state index is 14.1. The Bertz CT molecular complexity index is 1220. The first-order chi connectivity index (χ1) is 17.4. The number of carbonyl (C=O) groups excluding carboxylic acids is 1. The summed E-state index contributed by atoms with van der Waals surface area (Å²) in [5, 5.41) is 10.4. The lowest BCUT2D eigenvalue weighted by molar-refractivity contribution is 0.0777. The summed E-state index contributed by atoms with van der Waals surface area (Å²) in [6.45, 7) is 6.41. The Morgan fingerprint density at radius 3 is 2.53 bits per heavy atom. The fourth-order valence-electron chi connectivity index (χ4n) is 4.75. The van der Waals surface area contributed by atoms with Crippen LogP contribution >= 0.6 is 0 Å². The Morgan fingerprint density at radius 1 is 1.08 bits per heavy atom. The largest absolute Gasteiger partial charge is 0.354 e. The second kappa shape index (κ2) is 10.2. The quantitative estimate of drug-likeness (QED) is 0.542. The van der Waals surface area contributed by atoms with Gasteiger partial charge >= 0.3 is 0 Å². The number of aromatic amines is 1. The summed E-state index contributed by atoms with van der Waals surface area (Å²) < 4.78 is 28.3. The maximum absolute atomic E-state index is 14.1. The summed E-state index contributed by atoms with van der Waals surface area (Å²) in [7, 11) is 2.11. The van der Waals surface area contributed by atoms with Gasteiger partial charge in [0.25, 0.3) is 5.91 Å². The second-order valence-corrected chi connectivity index (χ2v) is 9.59. The normalized spacial score (nSPS) is 18.6. The molecule has 190 valence electrons. The zero-order chi connectivity index (χ0) is 25.2. The number of hydrogen-bond donors (Lipinski definition) is 2. The van der Waals surface area contributed by atoms with Crippen molar-refractivity contribution in [2.45, 2.75) is 19.8 Å². The van der Waals surface area contributed by atoms with Gasteiger partial charge in [-0.3, -0.25) is 9.89 Å². The number of nitrogens with one attached hydrogen (secondary N) is 2. The lowest BCUT2D eigenvalue weighted by atomic mass is 10.0. The first kappa shape index (κ1) is 24.1. The van der Waals surface area contributed by atoms with Gasteiger partial charge in [0, 0.05) is 63.5 Å². The van der Waals surface area contributed by atoms with Crippen LogP contribution in [0.25, 0.3) is 0 Å². The van der Waals surface area contributed by atoms with Gasteiger partial charge in [0.1, 0.15) is 34.7 Å². The summed E-state index contributed by atoms with van der Waals surface area (Å²) in [6, 6.07) is 7.31. The number of anilines is 3. The number of hydrogen-bond acceptors (Lipinski definition) is 7. The van der Waals surface area contributed by atoms with E-state index in [1.54, 1.807) is 0 Å². The predicted molar refractivity (Wildman–Crippen MR) is 132 cm³/mol. The first-order valence-electron chi connectivity index (χ1n) is 12.2. The number of aryl methyl sites for hydroxylation is 1. The number of H-pyrrole nitrogens is 1. The lowest BCUT2D eigenvalue weighted by Crippen LogP contribution is -2.45. The van der Waals surface area contributed by atoms with Crippen molar-refractivity contribution in [2.24, 2.45) is 5.92 Å². The third-order valence-electron chi connectivity index (χ3n) is 6.77. The van der Waals surface area contributed by atoms with Crippen molar-refractivity contribution in [3.05, 3.63) is 59.0 Å². The third kappa shape index (κ3) is 5.30. The highest BCUT2D eigenvalue weighted by Gasteiger charge is 2.31. The first-order valence-corrected chi connectivity index (χ1v) is 12.2. The van der Waals surface area contributed by atoms with Crippen molar-refractivity contribution >= 4 is 23.4 Å². The molecule has 36 heavy (non-hydrogen) atoms. The molecule has 2 aliphatic heterocycles. The molecule has 0 spiro atoms. The van der Waals surface area contributed by atoms with E-state index in [4.69, 9.17) is 9.97 Å². The van der Waals surface area contributed by atoms with Crippen LogP contribution in [0.15, 0.2) is 30.3 Å². The summed E-state index contributed by atoms with van der Waals surface area (Å²) in [4.78, 5) is 28.4. The van der Waals surface area contributed by atoms with Gasteiger partial charge in [0.15, 0.2) is 5.82 Å². The molecule has 0 bridgehead atoms. The number of nitrogens with zero attached hydrogens (tertiary/aromatic N) is 6. The highest BCUT2D eigenvalue weighted by molar-refractivity contribution is 5.95. The van der Waals surface area contributed by atoms with Gasteiger partial charge < -0.3 is 20.0 Å².